The Balaban J connectivity index is 2.18. The molecule has 1 aliphatic rings. The van der Waals surface area contributed by atoms with Crippen LogP contribution in [0.2, 0.25) is 0 Å². The number of nitrogens with zero attached hydrogens (tertiary/aromatic N) is 2. The van der Waals surface area contributed by atoms with Crippen LogP contribution in [0.25, 0.3) is 0 Å². The molecular formula is C15H28N4O. The highest BCUT2D eigenvalue weighted by Crippen LogP contribution is 2.09. The third-order valence-electron chi connectivity index (χ3n) is 3.28. The predicted octanol–water partition coefficient (Wildman–Crippen LogP) is 1.16. The van der Waals surface area contributed by atoms with E-state index in [4.69, 9.17) is 5.73 Å². The molecule has 0 spiro atoms. The van der Waals surface area contributed by atoms with Gasteiger partial charge in [0.1, 0.15) is 0 Å². The summed E-state index contributed by atoms with van der Waals surface area (Å²) in [6.45, 7) is 8.56. The lowest BCUT2D eigenvalue weighted by Crippen LogP contribution is -2.38. The van der Waals surface area contributed by atoms with Gasteiger partial charge in [0.25, 0.3) is 0 Å². The Morgan fingerprint density at radius 3 is 2.85 bits per heavy atom. The number of amides is 1. The van der Waals surface area contributed by atoms with Crippen LogP contribution < -0.4 is 11.1 Å². The molecule has 0 fully saturated rings. The number of hydrogen-bond acceptors (Lipinski definition) is 4. The Kier molecular flexibility index (Phi) is 8.14. The maximum Gasteiger partial charge on any atom is 0.226 e. The quantitative estimate of drug-likeness (QED) is 0.631. The van der Waals surface area contributed by atoms with Crippen LogP contribution in [0.3, 0.4) is 0 Å². The van der Waals surface area contributed by atoms with Crippen molar-refractivity contribution in [1.29, 1.82) is 0 Å². The topological polar surface area (TPSA) is 70.7 Å². The third-order valence-corrected chi connectivity index (χ3v) is 3.28. The van der Waals surface area contributed by atoms with Crippen LogP contribution in [0.1, 0.15) is 33.1 Å². The van der Waals surface area contributed by atoms with Crippen molar-refractivity contribution in [2.24, 2.45) is 16.6 Å². The van der Waals surface area contributed by atoms with Gasteiger partial charge < -0.3 is 16.0 Å². The summed E-state index contributed by atoms with van der Waals surface area (Å²) in [7, 11) is 0. The van der Waals surface area contributed by atoms with Gasteiger partial charge in [0.2, 0.25) is 5.91 Å². The summed E-state index contributed by atoms with van der Waals surface area (Å²) in [5.41, 5.74) is 6.50. The average Bonchev–Trinajstić information content (AvgIpc) is 2.88. The first-order valence-electron chi connectivity index (χ1n) is 7.52. The van der Waals surface area contributed by atoms with Crippen molar-refractivity contribution in [2.75, 3.05) is 32.7 Å². The van der Waals surface area contributed by atoms with E-state index in [0.29, 0.717) is 25.4 Å². The first kappa shape index (κ1) is 16.9. The molecule has 114 valence electrons. The Labute approximate surface area is 122 Å². The lowest BCUT2D eigenvalue weighted by Gasteiger charge is -2.22. The lowest BCUT2D eigenvalue weighted by atomic mass is 10.1. The summed E-state index contributed by atoms with van der Waals surface area (Å²) in [6.07, 6.45) is 6.22. The zero-order chi connectivity index (χ0) is 14.8. The summed E-state index contributed by atoms with van der Waals surface area (Å²) in [6, 6.07) is 0. The van der Waals surface area contributed by atoms with Crippen LogP contribution in [-0.2, 0) is 4.79 Å². The van der Waals surface area contributed by atoms with E-state index >= 15 is 0 Å². The minimum absolute atomic E-state index is 0.0480. The van der Waals surface area contributed by atoms with Gasteiger partial charge in [-0.3, -0.25) is 9.79 Å². The fraction of sp³-hybridized carbons (Fsp3) is 0.733. The zero-order valence-corrected chi connectivity index (χ0v) is 12.8. The third kappa shape index (κ3) is 7.40. The Morgan fingerprint density at radius 1 is 1.45 bits per heavy atom. The lowest BCUT2D eigenvalue weighted by molar-refractivity contribution is -0.120. The van der Waals surface area contributed by atoms with E-state index < -0.39 is 0 Å². The van der Waals surface area contributed by atoms with Crippen molar-refractivity contribution >= 4 is 12.1 Å². The van der Waals surface area contributed by atoms with Gasteiger partial charge in [-0.1, -0.05) is 19.9 Å². The minimum atomic E-state index is 0.0480. The van der Waals surface area contributed by atoms with Crippen molar-refractivity contribution in [3.63, 3.8) is 0 Å². The molecular weight excluding hydrogens is 252 g/mol. The smallest absolute Gasteiger partial charge is 0.226 e. The number of nitrogens with two attached hydrogens (primary N) is 1. The number of aliphatic imine (C=N–C) groups is 1. The van der Waals surface area contributed by atoms with E-state index in [2.05, 4.69) is 29.1 Å². The van der Waals surface area contributed by atoms with Crippen LogP contribution in [0.4, 0.5) is 0 Å². The molecule has 0 radical (unpaired) electrons. The second kappa shape index (κ2) is 9.66. The van der Waals surface area contributed by atoms with E-state index in [1.165, 1.54) is 0 Å². The Morgan fingerprint density at radius 2 is 2.25 bits per heavy atom. The van der Waals surface area contributed by atoms with Gasteiger partial charge in [-0.05, 0) is 18.9 Å². The molecule has 5 heteroatoms. The first-order chi connectivity index (χ1) is 9.61. The average molecular weight is 280 g/mol. The fourth-order valence-corrected chi connectivity index (χ4v) is 2.07. The van der Waals surface area contributed by atoms with E-state index in [1.807, 2.05) is 12.3 Å². The van der Waals surface area contributed by atoms with Crippen LogP contribution in [-0.4, -0.2) is 49.7 Å². The molecule has 0 aliphatic carbocycles. The molecule has 3 N–H and O–H groups in total. The molecule has 0 aromatic carbocycles. The second-order valence-electron chi connectivity index (χ2n) is 5.58. The predicted molar refractivity (Wildman–Crippen MR) is 83.8 cm³/mol. The highest BCUT2D eigenvalue weighted by Gasteiger charge is 2.09. The normalized spacial score (nSPS) is 14.2. The molecule has 1 rings (SSSR count). The summed E-state index contributed by atoms with van der Waals surface area (Å²) in [4.78, 5) is 18.2. The summed E-state index contributed by atoms with van der Waals surface area (Å²) < 4.78 is 0. The molecule has 0 saturated carbocycles. The largest absolute Gasteiger partial charge is 0.354 e. The summed E-state index contributed by atoms with van der Waals surface area (Å²) in [5.74, 6) is 0.740. The van der Waals surface area contributed by atoms with E-state index in [1.54, 1.807) is 0 Å². The molecule has 0 unspecified atom stereocenters. The van der Waals surface area contributed by atoms with E-state index in [9.17, 15) is 4.79 Å². The van der Waals surface area contributed by atoms with Gasteiger partial charge in [-0.2, -0.15) is 0 Å². The molecule has 0 saturated heterocycles. The van der Waals surface area contributed by atoms with Gasteiger partial charge in [0.05, 0.1) is 6.42 Å². The molecule has 1 aliphatic heterocycles. The van der Waals surface area contributed by atoms with Crippen molar-refractivity contribution in [3.8, 4) is 0 Å². The van der Waals surface area contributed by atoms with Gasteiger partial charge in [0.15, 0.2) is 0 Å². The summed E-state index contributed by atoms with van der Waals surface area (Å²) >= 11 is 0. The number of carbonyl (C=O) groups excluding carboxylic acids is 1. The number of allylic oxidation sites excluding steroid dienone is 1. The van der Waals surface area contributed by atoms with Crippen molar-refractivity contribution in [1.82, 2.24) is 10.2 Å². The zero-order valence-electron chi connectivity index (χ0n) is 12.8. The number of carbonyl (C=O) groups is 1. The fourth-order valence-electron chi connectivity index (χ4n) is 2.07. The van der Waals surface area contributed by atoms with Crippen molar-refractivity contribution < 1.29 is 4.79 Å². The molecule has 20 heavy (non-hydrogen) atoms. The Hall–Kier alpha value is -1.20. The number of rotatable bonds is 10. The van der Waals surface area contributed by atoms with Gasteiger partial charge >= 0.3 is 0 Å². The minimum Gasteiger partial charge on any atom is -0.354 e. The standard InChI is InChI=1S/C15H28N4O/c1-13(2)5-9-19(10-6-16)11-8-18-15(20)12-14-4-3-7-17-14/h4,7,13H,3,5-6,8-12,16H2,1-2H3,(H,18,20). The SMILES string of the molecule is CC(C)CCN(CCN)CCNC(=O)CC1=CCC=N1. The molecule has 0 aromatic heterocycles. The molecule has 1 amide bonds. The van der Waals surface area contributed by atoms with E-state index in [-0.39, 0.29) is 5.91 Å². The van der Waals surface area contributed by atoms with Gasteiger partial charge in [-0.25, -0.2) is 0 Å². The maximum atomic E-state index is 11.7. The van der Waals surface area contributed by atoms with Gasteiger partial charge in [0, 0.05) is 44.5 Å². The molecule has 5 nitrogen and oxygen atoms in total. The number of hydrogen-bond donors (Lipinski definition) is 2. The molecule has 0 aromatic rings. The maximum absolute atomic E-state index is 11.7. The highest BCUT2D eigenvalue weighted by molar-refractivity contribution is 5.80. The highest BCUT2D eigenvalue weighted by atomic mass is 16.1. The van der Waals surface area contributed by atoms with E-state index in [0.717, 1.165) is 38.2 Å². The molecule has 1 heterocycles. The summed E-state index contributed by atoms with van der Waals surface area (Å²) in [5, 5.41) is 2.95. The molecule has 0 bridgehead atoms. The monoisotopic (exact) mass is 280 g/mol. The van der Waals surface area contributed by atoms with Crippen LogP contribution in [0, 0.1) is 5.92 Å². The Bertz CT molecular complexity index is 350. The molecule has 0 atom stereocenters. The van der Waals surface area contributed by atoms with Crippen LogP contribution >= 0.6 is 0 Å². The van der Waals surface area contributed by atoms with Crippen molar-refractivity contribution in [3.05, 3.63) is 11.8 Å². The van der Waals surface area contributed by atoms with Crippen molar-refractivity contribution in [2.45, 2.75) is 33.1 Å². The van der Waals surface area contributed by atoms with Gasteiger partial charge in [-0.15, -0.1) is 0 Å². The van der Waals surface area contributed by atoms with Crippen LogP contribution in [0.5, 0.6) is 0 Å². The second-order valence-corrected chi connectivity index (χ2v) is 5.58. The van der Waals surface area contributed by atoms with Crippen LogP contribution in [0.15, 0.2) is 16.8 Å². The first-order valence-corrected chi connectivity index (χ1v) is 7.52. The number of nitrogens with one attached hydrogen (secondary N) is 1.